The van der Waals surface area contributed by atoms with Crippen LogP contribution in [0.4, 0.5) is 13.2 Å². The van der Waals surface area contributed by atoms with Gasteiger partial charge in [0.05, 0.1) is 18.9 Å². The lowest BCUT2D eigenvalue weighted by atomic mass is 9.78. The first-order valence-corrected chi connectivity index (χ1v) is 35.4. The number of carbonyl (C=O) groups is 12. The molecule has 4 aliphatic heterocycles. The predicted molar refractivity (Wildman–Crippen MR) is 354 cm³/mol. The summed E-state index contributed by atoms with van der Waals surface area (Å²) in [6, 6.07) is -10.9. The van der Waals surface area contributed by atoms with Crippen LogP contribution in [0.1, 0.15) is 178 Å². The number of hydrogen-bond donors (Lipinski definition) is 3. The molecule has 3 unspecified atom stereocenters. The van der Waals surface area contributed by atoms with E-state index >= 15 is 14.4 Å². The Morgan fingerprint density at radius 1 is 0.615 bits per heavy atom. The van der Waals surface area contributed by atoms with E-state index in [0.29, 0.717) is 51.6 Å². The third-order valence-electron chi connectivity index (χ3n) is 21.5. The Kier molecular flexibility index (Phi) is 27.5. The molecule has 6 aliphatic rings. The number of piperidine rings is 1. The average molecular weight is 1380 g/mol. The zero-order valence-corrected chi connectivity index (χ0v) is 60.2. The minimum atomic E-state index is -4.51. The standard InChI is InChI=1S/C68H110ClF3N12O12/c1-16-42(8)54-63(93)77(11)43(9)59(89)84-34-28-49(84)61(91)80(14)55(40(4)5)64(94)76(10)38-52(85)73-47(27-25-44-24-26-45(46(69)36-44)68(70,71)72)60(90)83-33-22-23-48(83)58(88)75-67(29-18-19-30-67)66(96)81(15)56(41(6)7)65(95)79(13)51(62(92)82-31-20-17-21-32-82)37-53(86)78(12)50(35-39(2)3)57(87)74-54/h39-51,54-56H,16-38H2,1-15H3,(H,73,85)(H,74,87)(H,75,88)/t42-,43-,44?,45?,46?,47-,48-,49-,50-,51-,54-,55-,56-/m0/s1. The molecule has 3 N–H and O–H groups in total. The number of nitrogens with zero attached hydrogens (tertiary/aromatic N) is 9. The molecule has 13 atom stereocenters. The normalized spacial score (nSPS) is 30.7. The quantitative estimate of drug-likeness (QED) is 0.250. The number of rotatable bonds is 10. The second kappa shape index (κ2) is 33.5. The molecule has 0 aromatic carbocycles. The van der Waals surface area contributed by atoms with Gasteiger partial charge in [-0.15, -0.1) is 11.6 Å². The first-order valence-electron chi connectivity index (χ1n) is 35.0. The van der Waals surface area contributed by atoms with Crippen LogP contribution in [-0.2, 0) is 57.5 Å². The van der Waals surface area contributed by atoms with E-state index in [-0.39, 0.29) is 89.1 Å². The second-order valence-corrected chi connectivity index (χ2v) is 30.0. The van der Waals surface area contributed by atoms with Gasteiger partial charge in [0.15, 0.2) is 0 Å². The van der Waals surface area contributed by atoms with Gasteiger partial charge in [0, 0.05) is 73.8 Å². The van der Waals surface area contributed by atoms with Crippen LogP contribution in [-0.4, -0.2) is 261 Å². The Morgan fingerprint density at radius 3 is 1.77 bits per heavy atom. The molecule has 6 rings (SSSR count). The first kappa shape index (κ1) is 78.7. The summed E-state index contributed by atoms with van der Waals surface area (Å²) in [6.45, 7) is 16.1. The van der Waals surface area contributed by atoms with Gasteiger partial charge in [-0.3, -0.25) is 57.5 Å². The molecule has 6 fully saturated rings. The molecule has 0 aromatic heterocycles. The van der Waals surface area contributed by atoms with Crippen molar-refractivity contribution in [2.75, 3.05) is 75.0 Å². The van der Waals surface area contributed by atoms with Crippen molar-refractivity contribution in [3.63, 3.8) is 0 Å². The number of likely N-dealkylation sites (N-methyl/N-ethyl adjacent to an activating group) is 6. The number of hydrogen-bond acceptors (Lipinski definition) is 12. The van der Waals surface area contributed by atoms with Gasteiger partial charge in [-0.05, 0) is 126 Å². The van der Waals surface area contributed by atoms with E-state index in [9.17, 15) is 56.3 Å². The number of fused-ring (bicyclic) bond motifs is 2. The molecule has 2 aliphatic carbocycles. The number of nitrogens with one attached hydrogen (secondary N) is 3. The largest absolute Gasteiger partial charge is 0.393 e. The Morgan fingerprint density at radius 2 is 1.22 bits per heavy atom. The summed E-state index contributed by atoms with van der Waals surface area (Å²) in [5.41, 5.74) is -1.56. The van der Waals surface area contributed by atoms with Crippen LogP contribution in [0.5, 0.6) is 0 Å². The van der Waals surface area contributed by atoms with Gasteiger partial charge in [-0.1, -0.05) is 74.7 Å². The number of halogens is 4. The van der Waals surface area contributed by atoms with Crippen LogP contribution < -0.4 is 16.0 Å². The van der Waals surface area contributed by atoms with Crippen molar-refractivity contribution >= 4 is 82.5 Å². The molecular weight excluding hydrogens is 1270 g/mol. The minimum Gasteiger partial charge on any atom is -0.343 e. The van der Waals surface area contributed by atoms with E-state index in [2.05, 4.69) is 16.0 Å². The summed E-state index contributed by atoms with van der Waals surface area (Å²) in [7, 11) is 8.51. The fraction of sp³-hybridized carbons (Fsp3) is 0.824. The van der Waals surface area contributed by atoms with E-state index in [1.165, 1.54) is 83.5 Å². The highest BCUT2D eigenvalue weighted by atomic mass is 35.5. The summed E-state index contributed by atoms with van der Waals surface area (Å²) in [6.07, 6.45) is -0.181. The highest BCUT2D eigenvalue weighted by Crippen LogP contribution is 2.44. The molecule has 96 heavy (non-hydrogen) atoms. The van der Waals surface area contributed by atoms with E-state index in [4.69, 9.17) is 11.6 Å². The van der Waals surface area contributed by atoms with Crippen molar-refractivity contribution in [1.29, 1.82) is 0 Å². The van der Waals surface area contributed by atoms with Gasteiger partial charge in [0.2, 0.25) is 70.9 Å². The van der Waals surface area contributed by atoms with E-state index < -0.39 is 179 Å². The Bertz CT molecular complexity index is 2840. The number of amides is 12. The van der Waals surface area contributed by atoms with Crippen LogP contribution in [0.3, 0.4) is 0 Å². The van der Waals surface area contributed by atoms with E-state index in [0.717, 1.165) is 11.3 Å². The molecule has 0 radical (unpaired) electrons. The average Bonchev–Trinajstić information content (AvgIpc) is 0.993. The summed E-state index contributed by atoms with van der Waals surface area (Å²) < 4.78 is 41.8. The maximum Gasteiger partial charge on any atom is 0.393 e. The van der Waals surface area contributed by atoms with Crippen LogP contribution >= 0.6 is 11.6 Å². The third-order valence-corrected chi connectivity index (χ3v) is 22.0. The fourth-order valence-corrected chi connectivity index (χ4v) is 15.7. The Labute approximate surface area is 570 Å². The maximum absolute atomic E-state index is 15.4. The van der Waals surface area contributed by atoms with Gasteiger partial charge in [-0.25, -0.2) is 0 Å². The summed E-state index contributed by atoms with van der Waals surface area (Å²) in [5.74, 6) is -11.5. The van der Waals surface area contributed by atoms with Crippen molar-refractivity contribution in [3.8, 4) is 0 Å². The van der Waals surface area contributed by atoms with Gasteiger partial charge in [-0.2, -0.15) is 13.2 Å². The fourth-order valence-electron chi connectivity index (χ4n) is 15.2. The van der Waals surface area contributed by atoms with Crippen molar-refractivity contribution in [2.24, 2.45) is 35.5 Å². The van der Waals surface area contributed by atoms with Gasteiger partial charge in [0.1, 0.15) is 59.9 Å². The molecule has 0 aromatic rings. The van der Waals surface area contributed by atoms with Crippen LogP contribution in [0.25, 0.3) is 0 Å². The van der Waals surface area contributed by atoms with E-state index in [1.807, 2.05) is 20.8 Å². The van der Waals surface area contributed by atoms with Gasteiger partial charge < -0.3 is 60.0 Å². The topological polar surface area (TPSA) is 270 Å². The molecule has 0 bridgehead atoms. The highest BCUT2D eigenvalue weighted by Gasteiger charge is 2.52. The smallest absolute Gasteiger partial charge is 0.343 e. The second-order valence-electron chi connectivity index (χ2n) is 29.5. The molecule has 4 heterocycles. The zero-order chi connectivity index (χ0) is 71.7. The zero-order valence-electron chi connectivity index (χ0n) is 59.4. The molecule has 4 saturated heterocycles. The molecular formula is C68H110ClF3N12O12. The molecule has 12 amide bonds. The van der Waals surface area contributed by atoms with Crippen molar-refractivity contribution < 1.29 is 70.7 Å². The number of carbonyl (C=O) groups excluding carboxylic acids is 12. The summed E-state index contributed by atoms with van der Waals surface area (Å²) >= 11 is 6.37. The summed E-state index contributed by atoms with van der Waals surface area (Å²) in [5, 5.41) is 7.52. The molecule has 24 nitrogen and oxygen atoms in total. The Balaban J connectivity index is 1.41. The van der Waals surface area contributed by atoms with Crippen LogP contribution in [0.2, 0.25) is 0 Å². The van der Waals surface area contributed by atoms with Crippen molar-refractivity contribution in [2.45, 2.75) is 249 Å². The van der Waals surface area contributed by atoms with Gasteiger partial charge >= 0.3 is 6.18 Å². The maximum atomic E-state index is 15.4. The third kappa shape index (κ3) is 18.1. The van der Waals surface area contributed by atoms with Crippen LogP contribution in [0.15, 0.2) is 0 Å². The molecule has 542 valence electrons. The predicted octanol–water partition coefficient (Wildman–Crippen LogP) is 4.78. The lowest BCUT2D eigenvalue weighted by molar-refractivity contribution is -0.182. The highest BCUT2D eigenvalue weighted by molar-refractivity contribution is 6.21. The molecule has 1 spiro atoms. The molecule has 28 heteroatoms. The SMILES string of the molecule is CC[C@H](C)[C@@H]1NC(=O)[C@H](CC(C)C)N(C)C(=O)C[C@@H](C(=O)N2CCCCC2)N(C)C(=O)[C@H](C(C)C)N(C)C(=O)C2(CCCC2)NC(=O)[C@@H]2CCCN2C(=O)[C@H](CCC2CCC(C(F)(F)F)C(Cl)C2)NC(=O)CN(C)C(=O)[C@H](C(C)C)N(C)C(=O)[C@@H]2CCN2C(=O)[C@H](C)N(C)C1=O. The van der Waals surface area contributed by atoms with E-state index in [1.54, 1.807) is 39.5 Å². The van der Waals surface area contributed by atoms with Crippen LogP contribution in [0, 0.1) is 35.5 Å². The van der Waals surface area contributed by atoms with Gasteiger partial charge in [0.25, 0.3) is 0 Å². The number of likely N-dealkylation sites (tertiary alicyclic amines) is 1. The number of alkyl halides is 4. The lowest BCUT2D eigenvalue weighted by Gasteiger charge is -2.45. The summed E-state index contributed by atoms with van der Waals surface area (Å²) in [4.78, 5) is 190. The van der Waals surface area contributed by atoms with Crippen molar-refractivity contribution in [1.82, 2.24) is 60.0 Å². The van der Waals surface area contributed by atoms with Crippen molar-refractivity contribution in [3.05, 3.63) is 0 Å². The molecule has 2 saturated carbocycles. The Hall–Kier alpha value is -6.28. The first-order chi connectivity index (χ1) is 44.9. The minimum absolute atomic E-state index is 0.00470. The lowest BCUT2D eigenvalue weighted by Crippen LogP contribution is -2.65. The monoisotopic (exact) mass is 1380 g/mol.